The van der Waals surface area contributed by atoms with Crippen molar-refractivity contribution < 1.29 is 14.6 Å². The molecule has 0 saturated carbocycles. The minimum Gasteiger partial charge on any atom is -0.497 e. The van der Waals surface area contributed by atoms with Gasteiger partial charge in [-0.05, 0) is 24.6 Å². The molecule has 0 spiro atoms. The smallest absolute Gasteiger partial charge is 0.223 e. The van der Waals surface area contributed by atoms with E-state index in [1.807, 2.05) is 6.07 Å². The highest BCUT2D eigenvalue weighted by molar-refractivity contribution is 5.93. The maximum atomic E-state index is 11.4. The van der Waals surface area contributed by atoms with Crippen molar-refractivity contribution in [2.24, 2.45) is 0 Å². The van der Waals surface area contributed by atoms with Crippen molar-refractivity contribution in [2.75, 3.05) is 18.6 Å². The van der Waals surface area contributed by atoms with Crippen LogP contribution in [0, 0.1) is 0 Å². The molecule has 1 N–H and O–H groups in total. The molecule has 0 aliphatic carbocycles. The predicted molar refractivity (Wildman–Crippen MR) is 60.6 cm³/mol. The molecule has 1 amide bonds. The topological polar surface area (TPSA) is 49.8 Å². The van der Waals surface area contributed by atoms with Crippen LogP contribution in [0.2, 0.25) is 0 Å². The molecule has 1 aromatic rings. The van der Waals surface area contributed by atoms with Crippen LogP contribution in [0.25, 0.3) is 0 Å². The Hall–Kier alpha value is -1.55. The number of hydrogen-bond acceptors (Lipinski definition) is 3. The summed E-state index contributed by atoms with van der Waals surface area (Å²) in [6.45, 7) is 2.10. The Bertz CT molecular complexity index is 417. The number of nitrogens with zero attached hydrogens (tertiary/aromatic N) is 1. The molecule has 0 bridgehead atoms. The molecule has 0 unspecified atom stereocenters. The first-order valence-electron chi connectivity index (χ1n) is 5.27. The van der Waals surface area contributed by atoms with Crippen LogP contribution in [-0.4, -0.2) is 24.7 Å². The Morgan fingerprint density at radius 2 is 2.31 bits per heavy atom. The summed E-state index contributed by atoms with van der Waals surface area (Å²) < 4.78 is 5.11. The molecule has 0 saturated heterocycles. The van der Waals surface area contributed by atoms with Gasteiger partial charge in [0.25, 0.3) is 0 Å². The van der Waals surface area contributed by atoms with Gasteiger partial charge in [-0.25, -0.2) is 0 Å². The number of amides is 1. The highest BCUT2D eigenvalue weighted by Crippen LogP contribution is 2.36. The second-order valence-corrected chi connectivity index (χ2v) is 3.90. The number of anilines is 1. The van der Waals surface area contributed by atoms with E-state index < -0.39 is 6.10 Å². The van der Waals surface area contributed by atoms with E-state index in [2.05, 4.69) is 0 Å². The number of benzene rings is 1. The molecule has 1 aliphatic heterocycles. The molecule has 0 fully saturated rings. The summed E-state index contributed by atoms with van der Waals surface area (Å²) in [6, 6.07) is 5.40. The van der Waals surface area contributed by atoms with Crippen LogP contribution < -0.4 is 9.64 Å². The van der Waals surface area contributed by atoms with E-state index in [0.29, 0.717) is 18.7 Å². The summed E-state index contributed by atoms with van der Waals surface area (Å²) >= 11 is 0. The lowest BCUT2D eigenvalue weighted by Gasteiger charge is -2.31. The molecule has 2 rings (SSSR count). The number of carbonyl (C=O) groups is 1. The third-order valence-electron chi connectivity index (χ3n) is 2.89. The zero-order valence-electron chi connectivity index (χ0n) is 9.43. The molecular formula is C12H15NO3. The van der Waals surface area contributed by atoms with Crippen LogP contribution in [0.5, 0.6) is 5.75 Å². The molecule has 1 aliphatic rings. The number of aliphatic hydroxyl groups excluding tert-OH is 1. The van der Waals surface area contributed by atoms with E-state index in [1.54, 1.807) is 24.1 Å². The van der Waals surface area contributed by atoms with E-state index in [1.165, 1.54) is 6.92 Å². The molecule has 0 radical (unpaired) electrons. The van der Waals surface area contributed by atoms with Gasteiger partial charge in [-0.2, -0.15) is 0 Å². The largest absolute Gasteiger partial charge is 0.497 e. The van der Waals surface area contributed by atoms with Crippen LogP contribution in [0.3, 0.4) is 0 Å². The van der Waals surface area contributed by atoms with Gasteiger partial charge in [-0.1, -0.05) is 0 Å². The summed E-state index contributed by atoms with van der Waals surface area (Å²) in [7, 11) is 1.58. The van der Waals surface area contributed by atoms with Crippen LogP contribution in [0.4, 0.5) is 5.69 Å². The monoisotopic (exact) mass is 221 g/mol. The molecule has 1 heterocycles. The average molecular weight is 221 g/mol. The van der Waals surface area contributed by atoms with E-state index in [4.69, 9.17) is 4.74 Å². The van der Waals surface area contributed by atoms with Crippen LogP contribution in [-0.2, 0) is 4.79 Å². The Morgan fingerprint density at radius 3 is 2.94 bits per heavy atom. The number of carbonyl (C=O) groups excluding carboxylic acids is 1. The minimum absolute atomic E-state index is 0.00156. The molecule has 86 valence electrons. The lowest BCUT2D eigenvalue weighted by Crippen LogP contribution is -2.34. The first-order valence-corrected chi connectivity index (χ1v) is 5.27. The average Bonchev–Trinajstić information content (AvgIpc) is 2.29. The van der Waals surface area contributed by atoms with E-state index >= 15 is 0 Å². The maximum absolute atomic E-state index is 11.4. The fraction of sp³-hybridized carbons (Fsp3) is 0.417. The van der Waals surface area contributed by atoms with Crippen molar-refractivity contribution in [1.29, 1.82) is 0 Å². The Balaban J connectivity index is 2.47. The number of fused-ring (bicyclic) bond motifs is 1. The van der Waals surface area contributed by atoms with E-state index in [-0.39, 0.29) is 5.91 Å². The molecular weight excluding hydrogens is 206 g/mol. The van der Waals surface area contributed by atoms with Crippen LogP contribution in [0.15, 0.2) is 18.2 Å². The van der Waals surface area contributed by atoms with Gasteiger partial charge in [0.15, 0.2) is 0 Å². The van der Waals surface area contributed by atoms with Gasteiger partial charge >= 0.3 is 0 Å². The van der Waals surface area contributed by atoms with Crippen molar-refractivity contribution >= 4 is 11.6 Å². The molecule has 1 atom stereocenters. The van der Waals surface area contributed by atoms with Gasteiger partial charge < -0.3 is 14.7 Å². The van der Waals surface area contributed by atoms with E-state index in [0.717, 1.165) is 11.3 Å². The standard InChI is InChI=1S/C12H15NO3/c1-8(14)13-6-5-12(15)10-7-9(16-2)3-4-11(10)13/h3-4,7,12,15H,5-6H2,1-2H3/t12-/m1/s1. The normalized spacial score (nSPS) is 19.2. The zero-order chi connectivity index (χ0) is 11.7. The molecule has 0 aromatic heterocycles. The Labute approximate surface area is 94.4 Å². The van der Waals surface area contributed by atoms with Crippen molar-refractivity contribution in [3.8, 4) is 5.75 Å². The third-order valence-corrected chi connectivity index (χ3v) is 2.89. The minimum atomic E-state index is -0.513. The van der Waals surface area contributed by atoms with Gasteiger partial charge in [0.1, 0.15) is 5.75 Å². The number of methoxy groups -OCH3 is 1. The number of aliphatic hydroxyl groups is 1. The lowest BCUT2D eigenvalue weighted by molar-refractivity contribution is -0.116. The fourth-order valence-corrected chi connectivity index (χ4v) is 2.03. The predicted octanol–water partition coefficient (Wildman–Crippen LogP) is 1.49. The summed E-state index contributed by atoms with van der Waals surface area (Å²) in [4.78, 5) is 13.1. The second kappa shape index (κ2) is 4.14. The first kappa shape index (κ1) is 11.0. The summed E-state index contributed by atoms with van der Waals surface area (Å²) in [5.41, 5.74) is 1.55. The van der Waals surface area contributed by atoms with Crippen LogP contribution in [0.1, 0.15) is 25.0 Å². The van der Waals surface area contributed by atoms with Crippen LogP contribution >= 0.6 is 0 Å². The third kappa shape index (κ3) is 1.76. The summed E-state index contributed by atoms with van der Waals surface area (Å²) in [5.74, 6) is 0.696. The summed E-state index contributed by atoms with van der Waals surface area (Å²) in [6.07, 6.45) is 0.0560. The molecule has 16 heavy (non-hydrogen) atoms. The Morgan fingerprint density at radius 1 is 1.56 bits per heavy atom. The SMILES string of the molecule is COc1ccc2c(c1)[C@H](O)CCN2C(C)=O. The Kier molecular flexibility index (Phi) is 2.83. The molecule has 4 nitrogen and oxygen atoms in total. The van der Waals surface area contributed by atoms with Gasteiger partial charge in [0.2, 0.25) is 5.91 Å². The quantitative estimate of drug-likeness (QED) is 0.781. The maximum Gasteiger partial charge on any atom is 0.223 e. The summed E-state index contributed by atoms with van der Waals surface area (Å²) in [5, 5.41) is 9.89. The number of ether oxygens (including phenoxy) is 1. The van der Waals surface area contributed by atoms with Gasteiger partial charge in [0, 0.05) is 24.7 Å². The van der Waals surface area contributed by atoms with E-state index in [9.17, 15) is 9.90 Å². The molecule has 1 aromatic carbocycles. The van der Waals surface area contributed by atoms with Crippen molar-refractivity contribution in [1.82, 2.24) is 0 Å². The molecule has 4 heteroatoms. The highest BCUT2D eigenvalue weighted by Gasteiger charge is 2.25. The fourth-order valence-electron chi connectivity index (χ4n) is 2.03. The lowest BCUT2D eigenvalue weighted by atomic mass is 9.98. The van der Waals surface area contributed by atoms with Crippen molar-refractivity contribution in [2.45, 2.75) is 19.4 Å². The van der Waals surface area contributed by atoms with Gasteiger partial charge in [-0.15, -0.1) is 0 Å². The first-order chi connectivity index (χ1) is 7.63. The second-order valence-electron chi connectivity index (χ2n) is 3.90. The highest BCUT2D eigenvalue weighted by atomic mass is 16.5. The van der Waals surface area contributed by atoms with Gasteiger partial charge in [-0.3, -0.25) is 4.79 Å². The van der Waals surface area contributed by atoms with Gasteiger partial charge in [0.05, 0.1) is 13.2 Å². The van der Waals surface area contributed by atoms with Crippen molar-refractivity contribution in [3.05, 3.63) is 23.8 Å². The van der Waals surface area contributed by atoms with Crippen molar-refractivity contribution in [3.63, 3.8) is 0 Å². The number of hydrogen-bond donors (Lipinski definition) is 1. The number of rotatable bonds is 1. The zero-order valence-corrected chi connectivity index (χ0v) is 9.43.